The fourth-order valence-electron chi connectivity index (χ4n) is 9.63. The van der Waals surface area contributed by atoms with Gasteiger partial charge in [0.25, 0.3) is 0 Å². The predicted octanol–water partition coefficient (Wildman–Crippen LogP) is -3.58. The maximum Gasteiger partial charge on any atom is 0.243 e. The number of hydrogen-bond donors (Lipinski definition) is 14. The summed E-state index contributed by atoms with van der Waals surface area (Å²) in [4.78, 5) is 115. The Kier molecular flexibility index (Phi) is 19.8. The molecule has 26 nitrogen and oxygen atoms in total. The van der Waals surface area contributed by atoms with Gasteiger partial charge in [-0.3, -0.25) is 48.3 Å². The van der Waals surface area contributed by atoms with Crippen LogP contribution in [0.4, 0.5) is 0 Å². The first-order chi connectivity index (χ1) is 35.0. The minimum Gasteiger partial charge on any atom is -0.507 e. The fraction of sp³-hybridized carbons (Fsp3) is 0.542. The van der Waals surface area contributed by atoms with Crippen molar-refractivity contribution >= 4 is 58.8 Å². The first-order valence-corrected chi connectivity index (χ1v) is 24.1. The Morgan fingerprint density at radius 2 is 1.42 bits per heavy atom. The Morgan fingerprint density at radius 1 is 0.824 bits per heavy atom. The van der Waals surface area contributed by atoms with Crippen LogP contribution in [0, 0.1) is 5.92 Å². The normalized spacial score (nSPS) is 21.5. The van der Waals surface area contributed by atoms with E-state index in [1.807, 2.05) is 6.92 Å². The number of likely N-dealkylation sites (N-methyl/N-ethyl adjacent to an activating group) is 1. The number of phenols is 2. The average molecular weight is 1040 g/mol. The van der Waals surface area contributed by atoms with Gasteiger partial charge in [0.1, 0.15) is 41.5 Å². The Hall–Kier alpha value is -7.42. The van der Waals surface area contributed by atoms with Crippen LogP contribution in [0.1, 0.15) is 108 Å². The summed E-state index contributed by atoms with van der Waals surface area (Å²) in [6, 6.07) is 1.16. The van der Waals surface area contributed by atoms with E-state index in [0.717, 1.165) is 0 Å². The van der Waals surface area contributed by atoms with Gasteiger partial charge in [0.15, 0.2) is 23.5 Å². The molecule has 404 valence electrons. The third kappa shape index (κ3) is 13.8. The summed E-state index contributed by atoms with van der Waals surface area (Å²) < 4.78 is 11.8. The zero-order chi connectivity index (χ0) is 54.6. The number of nitrogens with zero attached hydrogens (tertiary/aromatic N) is 2. The highest BCUT2D eigenvalue weighted by Crippen LogP contribution is 2.53. The van der Waals surface area contributed by atoms with Gasteiger partial charge in [-0.2, -0.15) is 0 Å². The molecule has 74 heavy (non-hydrogen) atoms. The van der Waals surface area contributed by atoms with Crippen LogP contribution in [0.3, 0.4) is 0 Å². The summed E-state index contributed by atoms with van der Waals surface area (Å²) in [5.74, 6) is -9.00. The van der Waals surface area contributed by atoms with Crippen molar-refractivity contribution in [1.29, 1.82) is 0 Å². The monoisotopic (exact) mass is 1040 g/mol. The number of methoxy groups -OCH3 is 1. The number of aliphatic hydroxyl groups is 2. The number of hydrogen-bond acceptors (Lipinski definition) is 17. The van der Waals surface area contributed by atoms with Gasteiger partial charge >= 0.3 is 0 Å². The number of ether oxygens (including phenoxy) is 2. The van der Waals surface area contributed by atoms with Crippen LogP contribution in [0.15, 0.2) is 28.2 Å². The van der Waals surface area contributed by atoms with Crippen molar-refractivity contribution in [3.63, 3.8) is 0 Å². The molecule has 0 aromatic heterocycles. The van der Waals surface area contributed by atoms with Crippen LogP contribution in [-0.2, 0) is 39.9 Å². The predicted molar refractivity (Wildman–Crippen MR) is 266 cm³/mol. The summed E-state index contributed by atoms with van der Waals surface area (Å²) in [7, 11) is 2.86. The van der Waals surface area contributed by atoms with Gasteiger partial charge in [-0.25, -0.2) is 0 Å². The molecule has 3 aliphatic rings. The van der Waals surface area contributed by atoms with E-state index in [2.05, 4.69) is 41.9 Å². The van der Waals surface area contributed by atoms with Crippen LogP contribution >= 0.6 is 0 Å². The van der Waals surface area contributed by atoms with E-state index >= 15 is 0 Å². The zero-order valence-electron chi connectivity index (χ0n) is 41.7. The molecule has 0 bridgehead atoms. The molecule has 0 spiro atoms. The number of aliphatic imine (C=N–C) groups is 2. The van der Waals surface area contributed by atoms with E-state index in [1.165, 1.54) is 25.3 Å². The number of benzene rings is 2. The standard InChI is InChI=1S/C48H68N12O14/c1-22-23(2)74-25(14-24-16-48(72,32(62)21-61)17-27-36(24)42(68)39-38(41(27)67)40(66)26-8-5-11-31(73-4)37(26)43(39)69)15-30(22)60-45(71)29(10-7-13-55-47(51)52)59-44(70)28(9-6-12-54-46(49)50)58-35(65)20-57-34(64)19-56-33(63)18-53-3/h5,8,11,22-25,28-30,53,61,67-68,72H,6-7,9-10,12-21H2,1-4H3,(H,56,63)(H,57,64)(H,58,65)(H,59,70)(H,60,71)(H4,49,50,54)(H4,51,52,55). The summed E-state index contributed by atoms with van der Waals surface area (Å²) >= 11 is 0. The van der Waals surface area contributed by atoms with Gasteiger partial charge in [-0.15, -0.1) is 0 Å². The Morgan fingerprint density at radius 3 is 2.01 bits per heavy atom. The van der Waals surface area contributed by atoms with Crippen molar-refractivity contribution in [2.45, 2.75) is 107 Å². The van der Waals surface area contributed by atoms with Gasteiger partial charge in [-0.05, 0) is 70.9 Å². The van der Waals surface area contributed by atoms with Crippen LogP contribution in [0.2, 0.25) is 0 Å². The number of aromatic hydroxyl groups is 2. The summed E-state index contributed by atoms with van der Waals surface area (Å²) in [6.45, 7) is 1.69. The summed E-state index contributed by atoms with van der Waals surface area (Å²) in [5.41, 5.74) is 18.3. The molecular weight excluding hydrogens is 969 g/mol. The smallest absolute Gasteiger partial charge is 0.243 e. The fourth-order valence-corrected chi connectivity index (χ4v) is 9.63. The number of carbonyl (C=O) groups excluding carboxylic acids is 8. The largest absolute Gasteiger partial charge is 0.507 e. The van der Waals surface area contributed by atoms with Gasteiger partial charge < -0.3 is 84.7 Å². The maximum absolute atomic E-state index is 14.4. The number of ketones is 3. The third-order valence-corrected chi connectivity index (χ3v) is 13.5. The van der Waals surface area contributed by atoms with E-state index < -0.39 is 144 Å². The summed E-state index contributed by atoms with van der Waals surface area (Å²) in [5, 5.41) is 61.4. The number of amides is 5. The van der Waals surface area contributed by atoms with E-state index in [1.54, 1.807) is 14.0 Å². The second-order valence-corrected chi connectivity index (χ2v) is 18.6. The minimum absolute atomic E-state index is 0.00762. The number of fused-ring (bicyclic) bond motifs is 3. The number of nitrogens with one attached hydrogen (secondary N) is 6. The second-order valence-electron chi connectivity index (χ2n) is 18.6. The Labute approximate surface area is 426 Å². The molecule has 5 rings (SSSR count). The van der Waals surface area contributed by atoms with Crippen molar-refractivity contribution in [3.8, 4) is 17.2 Å². The molecule has 1 saturated heterocycles. The third-order valence-electron chi connectivity index (χ3n) is 13.5. The van der Waals surface area contributed by atoms with Crippen LogP contribution in [0.5, 0.6) is 17.2 Å². The molecule has 5 amide bonds. The molecule has 2 aromatic rings. The molecule has 0 saturated carbocycles. The molecule has 0 radical (unpaired) electrons. The number of nitrogens with two attached hydrogens (primary N) is 4. The first kappa shape index (κ1) is 57.5. The van der Waals surface area contributed by atoms with Gasteiger partial charge in [0.05, 0.1) is 55.6 Å². The topological polar surface area (TPSA) is 437 Å². The molecule has 18 N–H and O–H groups in total. The lowest BCUT2D eigenvalue weighted by Crippen LogP contribution is -2.58. The van der Waals surface area contributed by atoms with E-state index in [9.17, 15) is 58.8 Å². The lowest BCUT2D eigenvalue weighted by molar-refractivity contribution is -0.143. The lowest BCUT2D eigenvalue weighted by atomic mass is 9.67. The number of Topliss-reactive ketones (excluding diaryl/α,β-unsaturated/α-hetero) is 1. The van der Waals surface area contributed by atoms with Crippen molar-refractivity contribution in [2.24, 2.45) is 38.8 Å². The van der Waals surface area contributed by atoms with Gasteiger partial charge in [0, 0.05) is 48.2 Å². The molecule has 2 aromatic carbocycles. The zero-order valence-corrected chi connectivity index (χ0v) is 41.7. The maximum atomic E-state index is 14.4. The molecular formula is C48H68N12O14. The number of rotatable bonds is 24. The van der Waals surface area contributed by atoms with Crippen LogP contribution in [-0.4, -0.2) is 169 Å². The number of phenolic OH excluding ortho intramolecular Hbond substituents is 2. The van der Waals surface area contributed by atoms with Crippen LogP contribution < -0.4 is 59.6 Å². The van der Waals surface area contributed by atoms with E-state index in [4.69, 9.17) is 32.4 Å². The molecule has 1 aliphatic heterocycles. The molecule has 1 heterocycles. The lowest BCUT2D eigenvalue weighted by Gasteiger charge is -2.43. The van der Waals surface area contributed by atoms with E-state index in [0.29, 0.717) is 0 Å². The van der Waals surface area contributed by atoms with Crippen molar-refractivity contribution < 1.29 is 68.3 Å². The van der Waals surface area contributed by atoms with Crippen molar-refractivity contribution in [3.05, 3.63) is 51.6 Å². The molecule has 8 atom stereocenters. The second kappa shape index (κ2) is 25.5. The quantitative estimate of drug-likeness (QED) is 0.0179. The Balaban J connectivity index is 1.40. The van der Waals surface area contributed by atoms with Crippen LogP contribution in [0.25, 0.3) is 0 Å². The van der Waals surface area contributed by atoms with Crippen molar-refractivity contribution in [1.82, 2.24) is 31.9 Å². The molecule has 1 fully saturated rings. The highest BCUT2D eigenvalue weighted by atomic mass is 16.5. The molecule has 26 heteroatoms. The van der Waals surface area contributed by atoms with Crippen molar-refractivity contribution in [2.75, 3.05) is 53.5 Å². The van der Waals surface area contributed by atoms with Gasteiger partial charge in [-0.1, -0.05) is 19.1 Å². The molecule has 8 unspecified atom stereocenters. The number of guanidine groups is 2. The van der Waals surface area contributed by atoms with Gasteiger partial charge in [0.2, 0.25) is 35.3 Å². The highest BCUT2D eigenvalue weighted by molar-refractivity contribution is 6.31. The number of aliphatic hydroxyl groups excluding tert-OH is 1. The minimum atomic E-state index is -2.29. The highest BCUT2D eigenvalue weighted by Gasteiger charge is 2.50. The first-order valence-electron chi connectivity index (χ1n) is 24.1. The average Bonchev–Trinajstić information content (AvgIpc) is 3.35. The summed E-state index contributed by atoms with van der Waals surface area (Å²) in [6.07, 6.45) is -1.93. The number of carbonyl (C=O) groups is 8. The SMILES string of the molecule is CNCC(=O)NCC(=O)NCC(=O)NC(CCCN=C(N)N)C(=O)NC(CCCN=C(N)N)C(=O)NC1CC(CC2CC(O)(C(=O)CO)Cc3c(O)c4c(c(O)c32)C(=O)c2c(OC)cccc2C4=O)OC(C)C1C. The Bertz CT molecular complexity index is 2550. The molecule has 2 aliphatic carbocycles. The van der Waals surface area contributed by atoms with E-state index in [-0.39, 0.29) is 104 Å².